The van der Waals surface area contributed by atoms with Gasteiger partial charge in [-0.1, -0.05) is 12.1 Å². The largest absolute Gasteiger partial charge is 0.417 e. The van der Waals surface area contributed by atoms with E-state index in [-0.39, 0.29) is 0 Å². The van der Waals surface area contributed by atoms with Gasteiger partial charge >= 0.3 is 5.76 Å². The molecule has 0 fully saturated rings. The van der Waals surface area contributed by atoms with Crippen molar-refractivity contribution in [3.8, 4) is 0 Å². The first-order valence-corrected chi connectivity index (χ1v) is 6.96. The number of hydrogen-bond acceptors (Lipinski definition) is 3. The molecule has 0 bridgehead atoms. The molecule has 0 unspecified atom stereocenters. The first-order valence-electron chi connectivity index (χ1n) is 6.96. The summed E-state index contributed by atoms with van der Waals surface area (Å²) in [5.74, 6) is -0.424. The lowest BCUT2D eigenvalue weighted by Gasteiger charge is -2.12. The Morgan fingerprint density at radius 3 is 2.62 bits per heavy atom. The molecule has 0 aliphatic carbocycles. The number of rotatable bonds is 3. The first kappa shape index (κ1) is 13.5. The van der Waals surface area contributed by atoms with Crippen LogP contribution in [0.2, 0.25) is 0 Å². The van der Waals surface area contributed by atoms with Crippen LogP contribution in [0, 0.1) is 20.8 Å². The second-order valence-corrected chi connectivity index (χ2v) is 5.44. The number of oxazole rings is 1. The zero-order valence-corrected chi connectivity index (χ0v) is 12.4. The molecule has 3 rings (SSSR count). The van der Waals surface area contributed by atoms with Crippen LogP contribution in [0.4, 0.5) is 5.69 Å². The molecule has 0 amide bonds. The number of fused-ring (bicyclic) bond motifs is 1. The van der Waals surface area contributed by atoms with Crippen LogP contribution in [0.25, 0.3) is 11.1 Å². The predicted molar refractivity (Wildman–Crippen MR) is 84.8 cm³/mol. The van der Waals surface area contributed by atoms with Gasteiger partial charge in [0, 0.05) is 12.2 Å². The molecule has 1 aromatic heterocycles. The van der Waals surface area contributed by atoms with Crippen LogP contribution < -0.4 is 11.1 Å². The number of benzene rings is 2. The maximum Gasteiger partial charge on any atom is 0.417 e. The highest BCUT2D eigenvalue weighted by molar-refractivity contribution is 5.76. The molecule has 2 aromatic carbocycles. The molecule has 0 radical (unpaired) electrons. The third-order valence-corrected chi connectivity index (χ3v) is 3.85. The van der Waals surface area contributed by atoms with Gasteiger partial charge in [0.2, 0.25) is 0 Å². The lowest BCUT2D eigenvalue weighted by Crippen LogP contribution is -2.02. The molecule has 0 aliphatic heterocycles. The van der Waals surface area contributed by atoms with Crippen molar-refractivity contribution in [2.45, 2.75) is 27.3 Å². The van der Waals surface area contributed by atoms with Gasteiger partial charge in [-0.25, -0.2) is 4.79 Å². The fourth-order valence-electron chi connectivity index (χ4n) is 2.47. The zero-order valence-electron chi connectivity index (χ0n) is 12.4. The first-order chi connectivity index (χ1) is 10.0. The molecular formula is C17H18N2O2. The van der Waals surface area contributed by atoms with Crippen LogP contribution in [0.3, 0.4) is 0 Å². The van der Waals surface area contributed by atoms with E-state index >= 15 is 0 Å². The summed E-state index contributed by atoms with van der Waals surface area (Å²) in [7, 11) is 0. The summed E-state index contributed by atoms with van der Waals surface area (Å²) in [6, 6.07) is 10.0. The van der Waals surface area contributed by atoms with Crippen molar-refractivity contribution in [1.82, 2.24) is 4.98 Å². The minimum Gasteiger partial charge on any atom is -0.408 e. The summed E-state index contributed by atoms with van der Waals surface area (Å²) >= 11 is 0. The van der Waals surface area contributed by atoms with Crippen molar-refractivity contribution in [1.29, 1.82) is 0 Å². The number of aromatic nitrogens is 1. The second-order valence-electron chi connectivity index (χ2n) is 5.44. The van der Waals surface area contributed by atoms with Gasteiger partial charge in [-0.15, -0.1) is 0 Å². The van der Waals surface area contributed by atoms with Crippen molar-refractivity contribution in [2.75, 3.05) is 5.32 Å². The van der Waals surface area contributed by atoms with Crippen LogP contribution >= 0.6 is 0 Å². The van der Waals surface area contributed by atoms with Crippen LogP contribution in [-0.4, -0.2) is 4.98 Å². The van der Waals surface area contributed by atoms with E-state index in [0.29, 0.717) is 11.1 Å². The number of hydrogen-bond donors (Lipinski definition) is 2. The fourth-order valence-corrected chi connectivity index (χ4v) is 2.47. The van der Waals surface area contributed by atoms with Gasteiger partial charge in [0.05, 0.1) is 5.52 Å². The van der Waals surface area contributed by atoms with Crippen LogP contribution in [-0.2, 0) is 6.54 Å². The standard InChI is InChI=1S/C17H18N2O2/c1-10-6-12(3)13(7-11(10)2)9-18-14-4-5-16-15(8-14)19-17(20)21-16/h4-8,18H,9H2,1-3H3,(H,19,20). The molecular weight excluding hydrogens is 264 g/mol. The summed E-state index contributed by atoms with van der Waals surface area (Å²) < 4.78 is 4.99. The zero-order chi connectivity index (χ0) is 15.0. The highest BCUT2D eigenvalue weighted by atomic mass is 16.4. The molecule has 0 saturated carbocycles. The van der Waals surface area contributed by atoms with Gasteiger partial charge in [-0.2, -0.15) is 0 Å². The predicted octanol–water partition coefficient (Wildman–Crippen LogP) is 3.66. The minimum absolute atomic E-state index is 0.424. The monoisotopic (exact) mass is 282 g/mol. The quantitative estimate of drug-likeness (QED) is 0.770. The number of aryl methyl sites for hydroxylation is 3. The normalized spacial score (nSPS) is 11.0. The highest BCUT2D eigenvalue weighted by Crippen LogP contribution is 2.19. The van der Waals surface area contributed by atoms with E-state index in [1.807, 2.05) is 12.1 Å². The summed E-state index contributed by atoms with van der Waals surface area (Å²) in [4.78, 5) is 13.8. The lowest BCUT2D eigenvalue weighted by molar-refractivity contribution is 0.555. The Kier molecular flexibility index (Phi) is 3.29. The van der Waals surface area contributed by atoms with E-state index in [2.05, 4.69) is 43.2 Å². The Morgan fingerprint density at radius 1 is 1.05 bits per heavy atom. The van der Waals surface area contributed by atoms with E-state index in [9.17, 15) is 4.79 Å². The highest BCUT2D eigenvalue weighted by Gasteiger charge is 2.04. The molecule has 3 aromatic rings. The molecule has 0 atom stereocenters. The summed E-state index contributed by atoms with van der Waals surface area (Å²) in [6.45, 7) is 7.13. The number of aromatic amines is 1. The third-order valence-electron chi connectivity index (χ3n) is 3.85. The molecule has 0 saturated heterocycles. The van der Waals surface area contributed by atoms with Gasteiger partial charge < -0.3 is 9.73 Å². The van der Waals surface area contributed by atoms with Crippen LogP contribution in [0.15, 0.2) is 39.5 Å². The fraction of sp³-hybridized carbons (Fsp3) is 0.235. The molecule has 0 spiro atoms. The molecule has 21 heavy (non-hydrogen) atoms. The molecule has 108 valence electrons. The van der Waals surface area contributed by atoms with E-state index in [1.54, 1.807) is 6.07 Å². The SMILES string of the molecule is Cc1cc(C)c(CNc2ccc3oc(=O)[nH]c3c2)cc1C. The van der Waals surface area contributed by atoms with Crippen molar-refractivity contribution < 1.29 is 4.42 Å². The molecule has 4 heteroatoms. The number of anilines is 1. The van der Waals surface area contributed by atoms with Gasteiger partial charge in [0.15, 0.2) is 5.58 Å². The maximum atomic E-state index is 11.2. The van der Waals surface area contributed by atoms with Crippen molar-refractivity contribution in [3.05, 3.63) is 63.1 Å². The average molecular weight is 282 g/mol. The van der Waals surface area contributed by atoms with Gasteiger partial charge in [0.1, 0.15) is 0 Å². The minimum atomic E-state index is -0.424. The summed E-state index contributed by atoms with van der Waals surface area (Å²) in [6.07, 6.45) is 0. The van der Waals surface area contributed by atoms with Crippen molar-refractivity contribution in [3.63, 3.8) is 0 Å². The van der Waals surface area contributed by atoms with Gasteiger partial charge in [0.25, 0.3) is 0 Å². The smallest absolute Gasteiger partial charge is 0.408 e. The van der Waals surface area contributed by atoms with Gasteiger partial charge in [-0.05, 0) is 61.2 Å². The molecule has 2 N–H and O–H groups in total. The molecule has 1 heterocycles. The molecule has 4 nitrogen and oxygen atoms in total. The summed E-state index contributed by atoms with van der Waals surface area (Å²) in [5, 5.41) is 3.39. The lowest BCUT2D eigenvalue weighted by atomic mass is 10.0. The second kappa shape index (κ2) is 5.13. The van der Waals surface area contributed by atoms with E-state index in [1.165, 1.54) is 22.3 Å². The summed E-state index contributed by atoms with van der Waals surface area (Å²) in [5.41, 5.74) is 7.41. The maximum absolute atomic E-state index is 11.2. The Labute approximate surface area is 122 Å². The Hall–Kier alpha value is -2.49. The van der Waals surface area contributed by atoms with Crippen molar-refractivity contribution in [2.24, 2.45) is 0 Å². The van der Waals surface area contributed by atoms with Gasteiger partial charge in [-0.3, -0.25) is 4.98 Å². The average Bonchev–Trinajstić information content (AvgIpc) is 2.80. The Morgan fingerprint density at radius 2 is 1.81 bits per heavy atom. The topological polar surface area (TPSA) is 58.0 Å². The van der Waals surface area contributed by atoms with Crippen molar-refractivity contribution >= 4 is 16.8 Å². The van der Waals surface area contributed by atoms with E-state index in [4.69, 9.17) is 4.42 Å². The van der Waals surface area contributed by atoms with E-state index < -0.39 is 5.76 Å². The Balaban J connectivity index is 1.82. The molecule has 0 aliphatic rings. The third kappa shape index (κ3) is 2.70. The van der Waals surface area contributed by atoms with E-state index in [0.717, 1.165) is 12.2 Å². The van der Waals surface area contributed by atoms with Crippen LogP contribution in [0.1, 0.15) is 22.3 Å². The Bertz CT molecular complexity index is 859. The number of nitrogens with one attached hydrogen (secondary N) is 2. The van der Waals surface area contributed by atoms with Crippen LogP contribution in [0.5, 0.6) is 0 Å². The number of H-pyrrole nitrogens is 1.